The summed E-state index contributed by atoms with van der Waals surface area (Å²) in [6, 6.07) is 8.93. The highest BCUT2D eigenvalue weighted by molar-refractivity contribution is 7.99. The van der Waals surface area contributed by atoms with Crippen LogP contribution in [0, 0.1) is 17.5 Å². The lowest BCUT2D eigenvalue weighted by Gasteiger charge is -2.17. The van der Waals surface area contributed by atoms with E-state index >= 15 is 0 Å². The SMILES string of the molecule is NNC(CSc1cccc(F)c1)c1c(F)cccc1F. The van der Waals surface area contributed by atoms with Gasteiger partial charge in [-0.15, -0.1) is 11.8 Å². The van der Waals surface area contributed by atoms with E-state index in [0.29, 0.717) is 4.90 Å². The Balaban J connectivity index is 2.13. The van der Waals surface area contributed by atoms with Gasteiger partial charge in [0.2, 0.25) is 0 Å². The average molecular weight is 298 g/mol. The van der Waals surface area contributed by atoms with E-state index in [2.05, 4.69) is 5.43 Å². The van der Waals surface area contributed by atoms with E-state index in [-0.39, 0.29) is 17.1 Å². The van der Waals surface area contributed by atoms with Crippen LogP contribution >= 0.6 is 11.8 Å². The zero-order valence-electron chi connectivity index (χ0n) is 10.4. The molecule has 0 amide bonds. The van der Waals surface area contributed by atoms with Gasteiger partial charge in [0.25, 0.3) is 0 Å². The standard InChI is InChI=1S/C14H13F3N2S/c15-9-3-1-4-10(7-9)20-8-13(19-18)14-11(16)5-2-6-12(14)17/h1-7,13,19H,8,18H2. The van der Waals surface area contributed by atoms with Crippen molar-refractivity contribution in [3.63, 3.8) is 0 Å². The Morgan fingerprint density at radius 2 is 1.70 bits per heavy atom. The van der Waals surface area contributed by atoms with Crippen molar-refractivity contribution in [1.29, 1.82) is 0 Å². The van der Waals surface area contributed by atoms with Crippen molar-refractivity contribution in [3.8, 4) is 0 Å². The monoisotopic (exact) mass is 298 g/mol. The van der Waals surface area contributed by atoms with E-state index in [4.69, 9.17) is 5.84 Å². The van der Waals surface area contributed by atoms with Gasteiger partial charge in [-0.25, -0.2) is 13.2 Å². The van der Waals surface area contributed by atoms with E-state index in [0.717, 1.165) is 0 Å². The topological polar surface area (TPSA) is 38.0 Å². The zero-order chi connectivity index (χ0) is 14.5. The lowest BCUT2D eigenvalue weighted by Crippen LogP contribution is -2.31. The minimum atomic E-state index is -0.704. The summed E-state index contributed by atoms with van der Waals surface area (Å²) in [5, 5.41) is 0. The van der Waals surface area contributed by atoms with E-state index < -0.39 is 17.7 Å². The molecule has 2 rings (SSSR count). The molecule has 2 nitrogen and oxygen atoms in total. The maximum Gasteiger partial charge on any atom is 0.130 e. The maximum atomic E-state index is 13.7. The molecule has 3 N–H and O–H groups in total. The Labute approximate surface area is 119 Å². The number of nitrogens with one attached hydrogen (secondary N) is 1. The predicted octanol–water partition coefficient (Wildman–Crippen LogP) is 3.40. The van der Waals surface area contributed by atoms with Crippen molar-refractivity contribution in [3.05, 3.63) is 65.5 Å². The van der Waals surface area contributed by atoms with Gasteiger partial charge in [0.05, 0.1) is 6.04 Å². The molecule has 0 fully saturated rings. The fraction of sp³-hybridized carbons (Fsp3) is 0.143. The van der Waals surface area contributed by atoms with E-state index in [1.54, 1.807) is 12.1 Å². The third-order valence-corrected chi connectivity index (χ3v) is 3.85. The lowest BCUT2D eigenvalue weighted by molar-refractivity contribution is 0.500. The van der Waals surface area contributed by atoms with Gasteiger partial charge in [0.1, 0.15) is 17.5 Å². The van der Waals surface area contributed by atoms with E-state index in [1.807, 2.05) is 0 Å². The molecule has 0 saturated carbocycles. The molecule has 2 aromatic rings. The van der Waals surface area contributed by atoms with Gasteiger partial charge in [-0.05, 0) is 30.3 Å². The van der Waals surface area contributed by atoms with Crippen LogP contribution in [0.25, 0.3) is 0 Å². The summed E-state index contributed by atoms with van der Waals surface area (Å²) in [6.45, 7) is 0. The van der Waals surface area contributed by atoms with Crippen molar-refractivity contribution < 1.29 is 13.2 Å². The highest BCUT2D eigenvalue weighted by atomic mass is 32.2. The first-order valence-electron chi connectivity index (χ1n) is 5.90. The summed E-state index contributed by atoms with van der Waals surface area (Å²) < 4.78 is 40.4. The summed E-state index contributed by atoms with van der Waals surface area (Å²) >= 11 is 1.26. The molecule has 0 saturated heterocycles. The van der Waals surface area contributed by atoms with Crippen molar-refractivity contribution in [1.82, 2.24) is 5.43 Å². The molecule has 6 heteroatoms. The number of halogens is 3. The second kappa shape index (κ2) is 6.78. The Morgan fingerprint density at radius 3 is 2.30 bits per heavy atom. The third-order valence-electron chi connectivity index (χ3n) is 2.76. The summed E-state index contributed by atoms with van der Waals surface area (Å²) in [6.07, 6.45) is 0. The lowest BCUT2D eigenvalue weighted by atomic mass is 10.1. The van der Waals surface area contributed by atoms with Crippen molar-refractivity contribution >= 4 is 11.8 Å². The number of benzene rings is 2. The van der Waals surface area contributed by atoms with Crippen LogP contribution in [0.4, 0.5) is 13.2 Å². The van der Waals surface area contributed by atoms with Crippen LogP contribution in [0.2, 0.25) is 0 Å². The molecule has 0 aromatic heterocycles. The second-order valence-electron chi connectivity index (χ2n) is 4.12. The zero-order valence-corrected chi connectivity index (χ0v) is 11.3. The summed E-state index contributed by atoms with van der Waals surface area (Å²) in [5.74, 6) is 3.97. The molecular formula is C14H13F3N2S. The fourth-order valence-electron chi connectivity index (χ4n) is 1.79. The molecule has 106 valence electrons. The molecule has 0 radical (unpaired) electrons. The third kappa shape index (κ3) is 3.53. The van der Waals surface area contributed by atoms with Gasteiger partial charge >= 0.3 is 0 Å². The maximum absolute atomic E-state index is 13.7. The molecule has 0 aliphatic heterocycles. The molecule has 1 atom stereocenters. The minimum Gasteiger partial charge on any atom is -0.271 e. The minimum absolute atomic E-state index is 0.112. The number of hydrogen-bond acceptors (Lipinski definition) is 3. The number of rotatable bonds is 5. The quantitative estimate of drug-likeness (QED) is 0.505. The summed E-state index contributed by atoms with van der Waals surface area (Å²) in [4.78, 5) is 0.669. The van der Waals surface area contributed by atoms with Crippen molar-refractivity contribution in [2.24, 2.45) is 5.84 Å². The number of hydrazine groups is 1. The Hall–Kier alpha value is -1.50. The predicted molar refractivity (Wildman–Crippen MR) is 73.5 cm³/mol. The van der Waals surface area contributed by atoms with Gasteiger partial charge in [0.15, 0.2) is 0 Å². The van der Waals surface area contributed by atoms with Crippen LogP contribution in [0.5, 0.6) is 0 Å². The van der Waals surface area contributed by atoms with Crippen LogP contribution in [0.3, 0.4) is 0 Å². The molecule has 0 bridgehead atoms. The number of thioether (sulfide) groups is 1. The van der Waals surface area contributed by atoms with Gasteiger partial charge < -0.3 is 0 Å². The van der Waals surface area contributed by atoms with E-state index in [1.165, 1.54) is 42.1 Å². The van der Waals surface area contributed by atoms with E-state index in [9.17, 15) is 13.2 Å². The molecular weight excluding hydrogens is 285 g/mol. The number of hydrogen-bond donors (Lipinski definition) is 2. The van der Waals surface area contributed by atoms with Gasteiger partial charge in [-0.2, -0.15) is 0 Å². The highest BCUT2D eigenvalue weighted by Crippen LogP contribution is 2.27. The summed E-state index contributed by atoms with van der Waals surface area (Å²) in [7, 11) is 0. The molecule has 2 aromatic carbocycles. The first-order chi connectivity index (χ1) is 9.61. The average Bonchev–Trinajstić information content (AvgIpc) is 2.42. The molecule has 0 aliphatic rings. The van der Waals surface area contributed by atoms with Gasteiger partial charge in [-0.3, -0.25) is 11.3 Å². The second-order valence-corrected chi connectivity index (χ2v) is 5.22. The van der Waals surface area contributed by atoms with Crippen molar-refractivity contribution in [2.45, 2.75) is 10.9 Å². The largest absolute Gasteiger partial charge is 0.271 e. The van der Waals surface area contributed by atoms with Crippen LogP contribution in [-0.2, 0) is 0 Å². The fourth-order valence-corrected chi connectivity index (χ4v) is 2.79. The molecule has 0 spiro atoms. The number of nitrogens with two attached hydrogens (primary N) is 1. The Morgan fingerprint density at radius 1 is 1.05 bits per heavy atom. The molecule has 0 heterocycles. The van der Waals surface area contributed by atoms with Gasteiger partial charge in [0, 0.05) is 16.2 Å². The first-order valence-corrected chi connectivity index (χ1v) is 6.89. The molecule has 20 heavy (non-hydrogen) atoms. The Bertz CT molecular complexity index is 572. The summed E-state index contributed by atoms with van der Waals surface area (Å²) in [5.41, 5.74) is 2.28. The van der Waals surface area contributed by atoms with Crippen LogP contribution in [-0.4, -0.2) is 5.75 Å². The molecule has 1 unspecified atom stereocenters. The van der Waals surface area contributed by atoms with Crippen LogP contribution in [0.15, 0.2) is 47.4 Å². The van der Waals surface area contributed by atoms with Crippen LogP contribution in [0.1, 0.15) is 11.6 Å². The van der Waals surface area contributed by atoms with Gasteiger partial charge in [-0.1, -0.05) is 12.1 Å². The first kappa shape index (κ1) is 14.9. The highest BCUT2D eigenvalue weighted by Gasteiger charge is 2.19. The van der Waals surface area contributed by atoms with Crippen molar-refractivity contribution in [2.75, 3.05) is 5.75 Å². The molecule has 0 aliphatic carbocycles. The van der Waals surface area contributed by atoms with Crippen LogP contribution < -0.4 is 11.3 Å². The smallest absolute Gasteiger partial charge is 0.130 e. The Kier molecular flexibility index (Phi) is 5.05. The normalized spacial score (nSPS) is 12.4.